The van der Waals surface area contributed by atoms with Crippen molar-refractivity contribution in [3.63, 3.8) is 0 Å². The number of amides is 2. The van der Waals surface area contributed by atoms with Crippen molar-refractivity contribution in [2.24, 2.45) is 4.99 Å². The highest BCUT2D eigenvalue weighted by Gasteiger charge is 2.13. The van der Waals surface area contributed by atoms with Crippen LogP contribution in [-0.4, -0.2) is 102 Å². The van der Waals surface area contributed by atoms with Gasteiger partial charge in [-0.1, -0.05) is 43.6 Å². The summed E-state index contributed by atoms with van der Waals surface area (Å²) in [4.78, 5) is 49.6. The van der Waals surface area contributed by atoms with Gasteiger partial charge in [-0.3, -0.25) is 24.2 Å². The largest absolute Gasteiger partial charge is 0.503 e. The summed E-state index contributed by atoms with van der Waals surface area (Å²) in [6.45, 7) is 0. The van der Waals surface area contributed by atoms with Gasteiger partial charge in [0, 0.05) is 17.7 Å². The van der Waals surface area contributed by atoms with E-state index in [1.54, 1.807) is 29.7 Å². The van der Waals surface area contributed by atoms with Gasteiger partial charge in [0.15, 0.2) is 12.6 Å². The quantitative estimate of drug-likeness (QED) is 0.169. The molecule has 3 fully saturated rings. The van der Waals surface area contributed by atoms with Crippen molar-refractivity contribution in [2.45, 2.75) is 19.1 Å². The van der Waals surface area contributed by atoms with E-state index in [4.69, 9.17) is 12.2 Å². The van der Waals surface area contributed by atoms with Crippen molar-refractivity contribution < 1.29 is 23.9 Å². The smallest absolute Gasteiger partial charge is 0.235 e. The number of rotatable bonds is 3. The fraction of sp³-hybridized carbons (Fsp3) is 0.500. The Morgan fingerprint density at radius 1 is 1.05 bits per heavy atom. The lowest BCUT2D eigenvalue weighted by Gasteiger charge is -1.87. The topological polar surface area (TPSA) is 144 Å². The number of fused-ring (bicyclic) bond motifs is 1. The number of thioether (sulfide) groups is 6. The molecule has 0 saturated carbocycles. The first-order chi connectivity index (χ1) is 20.7. The van der Waals surface area contributed by atoms with E-state index >= 15 is 0 Å². The van der Waals surface area contributed by atoms with Crippen molar-refractivity contribution in [3.05, 3.63) is 28.5 Å². The third-order valence-electron chi connectivity index (χ3n) is 4.38. The number of halogens is 1. The number of carbonyl (C=O) groups excluding carboxylic acids is 4. The van der Waals surface area contributed by atoms with Crippen LogP contribution in [0.3, 0.4) is 0 Å². The van der Waals surface area contributed by atoms with Crippen molar-refractivity contribution >= 4 is 150 Å². The highest BCUT2D eigenvalue weighted by molar-refractivity contribution is 9.12. The molecule has 1 aromatic heterocycles. The van der Waals surface area contributed by atoms with Gasteiger partial charge >= 0.3 is 0 Å². The standard InChI is InChI=1S/C6H6N2OS.C4H5BrO2.C4H7NS2.C3H3NOS2.C3H5NOS.C3H5NS2.CH4/c9-2-5-1-8-4-10-3-6(8)7-5;1-7-3-4(5)2-6;1-6-4-2-7-3-5-4;5-2-1-7-3(6)4-2;2*5-3-1-6-2-4-3;/h1-2H,3-4H2;2-3H,1H3;2-3H2,1H3;1H2,(H,4,5,6);2*1-2H2,(H,4,5);1H4/b;4-3+;;;;;. The molecule has 5 aliphatic rings. The summed E-state index contributed by atoms with van der Waals surface area (Å²) in [7, 11) is 1.48. The number of aromatic nitrogens is 2. The zero-order valence-corrected chi connectivity index (χ0v) is 31.3. The molecule has 5 aliphatic heterocycles. The van der Waals surface area contributed by atoms with E-state index < -0.39 is 0 Å². The van der Waals surface area contributed by atoms with E-state index in [9.17, 15) is 19.2 Å². The third kappa shape index (κ3) is 21.1. The number of ether oxygens (including phenoxy) is 1. The molecule has 0 bridgehead atoms. The lowest BCUT2D eigenvalue weighted by atomic mass is 10.5. The summed E-state index contributed by atoms with van der Waals surface area (Å²) in [5, 5.41) is 9.43. The number of allylic oxidation sites excluding steroid dienone is 1. The van der Waals surface area contributed by atoms with Crippen LogP contribution in [-0.2, 0) is 30.8 Å². The zero-order chi connectivity index (χ0) is 31.9. The number of imidazole rings is 1. The predicted molar refractivity (Wildman–Crippen MR) is 206 cm³/mol. The molecule has 0 spiro atoms. The van der Waals surface area contributed by atoms with Gasteiger partial charge < -0.3 is 25.3 Å². The Bertz CT molecular complexity index is 1080. The second kappa shape index (κ2) is 27.4. The Morgan fingerprint density at radius 2 is 1.77 bits per heavy atom. The monoisotopic (exact) mass is 822 g/mol. The Labute approximate surface area is 303 Å². The Balaban J connectivity index is 0.000000507. The molecule has 0 radical (unpaired) electrons. The Hall–Kier alpha value is -0.740. The summed E-state index contributed by atoms with van der Waals surface area (Å²) in [6, 6.07) is 0. The molecule has 3 saturated heterocycles. The van der Waals surface area contributed by atoms with Gasteiger partial charge in [-0.15, -0.1) is 58.8 Å². The van der Waals surface area contributed by atoms with E-state index in [2.05, 4.69) is 65.1 Å². The third-order valence-corrected chi connectivity index (χ3v) is 10.7. The van der Waals surface area contributed by atoms with E-state index in [0.717, 1.165) is 57.9 Å². The van der Waals surface area contributed by atoms with E-state index in [1.165, 1.54) is 30.2 Å². The molecule has 2 amide bonds. The average molecular weight is 824 g/mol. The molecular weight excluding hydrogens is 789 g/mol. The van der Waals surface area contributed by atoms with Crippen LogP contribution in [0.2, 0.25) is 0 Å². The maximum absolute atomic E-state index is 10.2. The number of nitrogens with zero attached hydrogens (tertiary/aromatic N) is 3. The van der Waals surface area contributed by atoms with Crippen molar-refractivity contribution in [3.8, 4) is 0 Å². The molecule has 44 heavy (non-hydrogen) atoms. The van der Waals surface area contributed by atoms with Crippen LogP contribution < -0.4 is 16.0 Å². The fourth-order valence-electron chi connectivity index (χ4n) is 2.53. The van der Waals surface area contributed by atoms with Gasteiger partial charge in [0.2, 0.25) is 11.8 Å². The van der Waals surface area contributed by atoms with Crippen LogP contribution in [0.1, 0.15) is 23.7 Å². The summed E-state index contributed by atoms with van der Waals surface area (Å²) in [5.74, 6) is 9.20. The van der Waals surface area contributed by atoms with Crippen molar-refractivity contribution in [1.82, 2.24) is 25.5 Å². The number of carbonyl (C=O) groups is 4. The van der Waals surface area contributed by atoms with Gasteiger partial charge in [-0.2, -0.15) is 0 Å². The van der Waals surface area contributed by atoms with Gasteiger partial charge in [0.25, 0.3) is 0 Å². The molecule has 0 aliphatic carbocycles. The number of hydrogen-bond acceptors (Lipinski definition) is 15. The molecule has 11 nitrogen and oxygen atoms in total. The van der Waals surface area contributed by atoms with Crippen molar-refractivity contribution in [1.29, 1.82) is 0 Å². The second-order valence-corrected chi connectivity index (χ2v) is 15.4. The minimum atomic E-state index is 0. The van der Waals surface area contributed by atoms with Gasteiger partial charge in [0.1, 0.15) is 15.8 Å². The van der Waals surface area contributed by atoms with Crippen LogP contribution in [0, 0.1) is 0 Å². The molecule has 0 atom stereocenters. The zero-order valence-electron chi connectivity index (χ0n) is 23.2. The first kappa shape index (κ1) is 43.3. The highest BCUT2D eigenvalue weighted by Crippen LogP contribution is 2.22. The van der Waals surface area contributed by atoms with Crippen LogP contribution in [0.15, 0.2) is 21.9 Å². The van der Waals surface area contributed by atoms with Crippen LogP contribution in [0.25, 0.3) is 0 Å². The highest BCUT2D eigenvalue weighted by atomic mass is 79.9. The first-order valence-electron chi connectivity index (χ1n) is 12.0. The molecule has 6 rings (SSSR count). The van der Waals surface area contributed by atoms with E-state index in [0.29, 0.717) is 32.3 Å². The summed E-state index contributed by atoms with van der Waals surface area (Å²) in [5.41, 5.74) is 0.551. The minimum absolute atomic E-state index is 0. The normalized spacial score (nSPS) is 17.2. The molecule has 246 valence electrons. The first-order valence-corrected chi connectivity index (χ1v) is 20.4. The summed E-state index contributed by atoms with van der Waals surface area (Å²) < 4.78 is 7.48. The molecular formula is C24H35BrN6O5S8. The van der Waals surface area contributed by atoms with E-state index in [1.807, 2.05) is 39.9 Å². The van der Waals surface area contributed by atoms with Gasteiger partial charge in [-0.25, -0.2) is 4.98 Å². The lowest BCUT2D eigenvalue weighted by Crippen LogP contribution is -2.18. The number of aliphatic imine (C=N–C) groups is 1. The maximum atomic E-state index is 10.2. The van der Waals surface area contributed by atoms with E-state index in [-0.39, 0.29) is 19.2 Å². The molecule has 20 heteroatoms. The number of hydrogen-bond donors (Lipinski definition) is 3. The van der Waals surface area contributed by atoms with Crippen LogP contribution >= 0.6 is 111 Å². The number of nitrogens with one attached hydrogen (secondary N) is 3. The van der Waals surface area contributed by atoms with Gasteiger partial charge in [-0.05, 0) is 22.2 Å². The number of aldehydes is 2. The predicted octanol–water partition coefficient (Wildman–Crippen LogP) is 4.61. The van der Waals surface area contributed by atoms with Crippen LogP contribution in [0.4, 0.5) is 0 Å². The SMILES string of the molecule is C.CO/C=C(/Br)C=O.CSC1=NCSC1.O=C1CSC(=S)N1.O=C1CSCN1.O=Cc1cn2c(n1)CSC2.S=C1CSCN1. The summed E-state index contributed by atoms with van der Waals surface area (Å²) in [6.07, 6.45) is 6.62. The minimum Gasteiger partial charge on any atom is -0.503 e. The molecule has 6 heterocycles. The molecule has 0 aromatic carbocycles. The Kier molecular flexibility index (Phi) is 26.9. The lowest BCUT2D eigenvalue weighted by molar-refractivity contribution is -0.118. The number of methoxy groups -OCH3 is 1. The molecule has 1 aromatic rings. The van der Waals surface area contributed by atoms with Crippen LogP contribution in [0.5, 0.6) is 0 Å². The van der Waals surface area contributed by atoms with Gasteiger partial charge in [0.05, 0.1) is 68.7 Å². The second-order valence-electron chi connectivity index (χ2n) is 7.55. The van der Waals surface area contributed by atoms with Crippen molar-refractivity contribution in [2.75, 3.05) is 54.0 Å². The molecule has 3 N–H and O–H groups in total. The fourth-order valence-corrected chi connectivity index (χ4v) is 7.78. The maximum Gasteiger partial charge on any atom is 0.235 e. The number of thiocarbonyl (C=S) groups is 2. The molecule has 0 unspecified atom stereocenters. The average Bonchev–Trinajstić information content (AvgIpc) is 3.83. The summed E-state index contributed by atoms with van der Waals surface area (Å²) >= 11 is 22.6. The Morgan fingerprint density at radius 3 is 2.07 bits per heavy atom.